The molecule has 1 saturated heterocycles. The molecule has 0 bridgehead atoms. The number of aromatic nitrogens is 2. The predicted octanol–water partition coefficient (Wildman–Crippen LogP) is 4.65. The molecule has 3 aromatic rings. The number of hydrogen-bond donors (Lipinski definition) is 2. The van der Waals surface area contributed by atoms with Gasteiger partial charge in [-0.05, 0) is 59.9 Å². The van der Waals surface area contributed by atoms with E-state index in [0.717, 1.165) is 31.6 Å². The van der Waals surface area contributed by atoms with Gasteiger partial charge in [-0.1, -0.05) is 11.6 Å². The summed E-state index contributed by atoms with van der Waals surface area (Å²) in [6, 6.07) is 7.12. The second-order valence-electron chi connectivity index (χ2n) is 6.35. The van der Waals surface area contributed by atoms with Gasteiger partial charge >= 0.3 is 6.03 Å². The summed E-state index contributed by atoms with van der Waals surface area (Å²) < 4.78 is 18.1. The maximum atomic E-state index is 13.2. The van der Waals surface area contributed by atoms with Crippen LogP contribution in [-0.2, 0) is 0 Å². The minimum atomic E-state index is -0.550. The molecular formula is C18H17ClFN5O2. The lowest BCUT2D eigenvalue weighted by atomic mass is 10.1. The standard InChI is InChI=1S/C18H17ClFN5O2/c19-12-10-11(4-5-13(12)20)21-18(26)22-14-6-7-15(17-16(14)23-27-24-17)25-8-2-1-3-9-25/h4-7,10H,1-3,8-9H2,(H2,21,22,26). The number of nitrogens with one attached hydrogen (secondary N) is 2. The number of hydrogen-bond acceptors (Lipinski definition) is 5. The van der Waals surface area contributed by atoms with Gasteiger partial charge in [0.1, 0.15) is 5.82 Å². The fourth-order valence-electron chi connectivity index (χ4n) is 3.20. The Morgan fingerprint density at radius 1 is 1.07 bits per heavy atom. The van der Waals surface area contributed by atoms with E-state index in [-0.39, 0.29) is 5.02 Å². The quantitative estimate of drug-likeness (QED) is 0.681. The normalized spacial score (nSPS) is 14.4. The van der Waals surface area contributed by atoms with E-state index < -0.39 is 11.8 Å². The lowest BCUT2D eigenvalue weighted by Crippen LogP contribution is -2.29. The number of halogens is 2. The molecule has 0 unspecified atom stereocenters. The van der Waals surface area contributed by atoms with Crippen LogP contribution in [0.25, 0.3) is 11.0 Å². The summed E-state index contributed by atoms with van der Waals surface area (Å²) in [5, 5.41) is 13.2. The van der Waals surface area contributed by atoms with Crippen molar-refractivity contribution in [3.63, 3.8) is 0 Å². The highest BCUT2D eigenvalue weighted by Gasteiger charge is 2.19. The molecule has 2 N–H and O–H groups in total. The Labute approximate surface area is 159 Å². The van der Waals surface area contributed by atoms with Crippen molar-refractivity contribution < 1.29 is 13.8 Å². The van der Waals surface area contributed by atoms with E-state index in [1.165, 1.54) is 24.6 Å². The SMILES string of the molecule is O=C(Nc1ccc(F)c(Cl)c1)Nc1ccc(N2CCCCC2)c2nonc12. The van der Waals surface area contributed by atoms with Crippen LogP contribution in [0.4, 0.5) is 26.2 Å². The number of benzene rings is 2. The minimum Gasteiger partial charge on any atom is -0.370 e. The number of amides is 2. The van der Waals surface area contributed by atoms with E-state index in [9.17, 15) is 9.18 Å². The maximum Gasteiger partial charge on any atom is 0.323 e. The van der Waals surface area contributed by atoms with Crippen LogP contribution in [0.2, 0.25) is 5.02 Å². The number of fused-ring (bicyclic) bond motifs is 1. The molecule has 0 atom stereocenters. The molecule has 0 saturated carbocycles. The van der Waals surface area contributed by atoms with Gasteiger partial charge in [0, 0.05) is 18.8 Å². The summed E-state index contributed by atoms with van der Waals surface area (Å²) in [4.78, 5) is 14.5. The number of urea groups is 1. The molecule has 0 spiro atoms. The Bertz CT molecular complexity index is 987. The molecule has 2 heterocycles. The summed E-state index contributed by atoms with van der Waals surface area (Å²) in [7, 11) is 0. The fraction of sp³-hybridized carbons (Fsp3) is 0.278. The Morgan fingerprint density at radius 3 is 2.63 bits per heavy atom. The number of nitrogens with zero attached hydrogens (tertiary/aromatic N) is 3. The van der Waals surface area contributed by atoms with Gasteiger partial charge in [0.2, 0.25) is 0 Å². The highest BCUT2D eigenvalue weighted by Crippen LogP contribution is 2.31. The molecule has 7 nitrogen and oxygen atoms in total. The first-order chi connectivity index (χ1) is 13.1. The molecule has 9 heteroatoms. The molecule has 140 valence electrons. The first-order valence-corrected chi connectivity index (χ1v) is 9.03. The first kappa shape index (κ1) is 17.5. The summed E-state index contributed by atoms with van der Waals surface area (Å²) >= 11 is 5.73. The molecule has 1 aliphatic rings. The van der Waals surface area contributed by atoms with Crippen LogP contribution < -0.4 is 15.5 Å². The Kier molecular flexibility index (Phi) is 4.81. The van der Waals surface area contributed by atoms with E-state index in [0.29, 0.717) is 22.4 Å². The Morgan fingerprint density at radius 2 is 1.85 bits per heavy atom. The van der Waals surface area contributed by atoms with Crippen LogP contribution in [0.5, 0.6) is 0 Å². The second kappa shape index (κ2) is 7.40. The Balaban J connectivity index is 1.54. The molecule has 1 fully saturated rings. The predicted molar refractivity (Wildman–Crippen MR) is 102 cm³/mol. The van der Waals surface area contributed by atoms with Crippen LogP contribution in [0.15, 0.2) is 35.0 Å². The summed E-state index contributed by atoms with van der Waals surface area (Å²) in [5.74, 6) is -0.550. The number of carbonyl (C=O) groups is 1. The zero-order valence-electron chi connectivity index (χ0n) is 14.3. The lowest BCUT2D eigenvalue weighted by Gasteiger charge is -2.28. The second-order valence-corrected chi connectivity index (χ2v) is 6.76. The van der Waals surface area contributed by atoms with E-state index in [1.807, 2.05) is 6.07 Å². The number of carbonyl (C=O) groups excluding carboxylic acids is 1. The number of piperidine rings is 1. The molecule has 27 heavy (non-hydrogen) atoms. The van der Waals surface area contributed by atoms with E-state index in [4.69, 9.17) is 16.2 Å². The Hall–Kier alpha value is -2.87. The number of anilines is 3. The van der Waals surface area contributed by atoms with Crippen LogP contribution >= 0.6 is 11.6 Å². The van der Waals surface area contributed by atoms with Crippen molar-refractivity contribution in [1.82, 2.24) is 10.3 Å². The minimum absolute atomic E-state index is 0.0678. The van der Waals surface area contributed by atoms with Crippen molar-refractivity contribution in [3.8, 4) is 0 Å². The van der Waals surface area contributed by atoms with Gasteiger partial charge in [-0.2, -0.15) is 0 Å². The third kappa shape index (κ3) is 3.66. The van der Waals surface area contributed by atoms with Gasteiger partial charge in [-0.25, -0.2) is 13.8 Å². The molecule has 1 aliphatic heterocycles. The number of rotatable bonds is 3. The molecule has 4 rings (SSSR count). The van der Waals surface area contributed by atoms with Crippen molar-refractivity contribution >= 4 is 45.7 Å². The topological polar surface area (TPSA) is 83.3 Å². The van der Waals surface area contributed by atoms with Gasteiger partial charge in [-0.3, -0.25) is 0 Å². The van der Waals surface area contributed by atoms with E-state index >= 15 is 0 Å². The van der Waals surface area contributed by atoms with Gasteiger partial charge < -0.3 is 15.5 Å². The van der Waals surface area contributed by atoms with Crippen molar-refractivity contribution in [3.05, 3.63) is 41.2 Å². The fourth-order valence-corrected chi connectivity index (χ4v) is 3.38. The van der Waals surface area contributed by atoms with Crippen LogP contribution in [-0.4, -0.2) is 29.4 Å². The summed E-state index contributed by atoms with van der Waals surface area (Å²) in [5.41, 5.74) is 2.88. The van der Waals surface area contributed by atoms with Gasteiger partial charge in [0.25, 0.3) is 0 Å². The highest BCUT2D eigenvalue weighted by molar-refractivity contribution is 6.31. The zero-order chi connectivity index (χ0) is 18.8. The summed E-state index contributed by atoms with van der Waals surface area (Å²) in [6.07, 6.45) is 3.49. The molecule has 2 aromatic carbocycles. The first-order valence-electron chi connectivity index (χ1n) is 8.65. The molecule has 0 aliphatic carbocycles. The maximum absolute atomic E-state index is 13.2. The van der Waals surface area contributed by atoms with Crippen molar-refractivity contribution in [1.29, 1.82) is 0 Å². The zero-order valence-corrected chi connectivity index (χ0v) is 15.1. The highest BCUT2D eigenvalue weighted by atomic mass is 35.5. The molecule has 1 aromatic heterocycles. The van der Waals surface area contributed by atoms with Gasteiger partial charge in [0.05, 0.1) is 16.4 Å². The lowest BCUT2D eigenvalue weighted by molar-refractivity contribution is 0.262. The van der Waals surface area contributed by atoms with Crippen molar-refractivity contribution in [2.45, 2.75) is 19.3 Å². The summed E-state index contributed by atoms with van der Waals surface area (Å²) in [6.45, 7) is 1.92. The van der Waals surface area contributed by atoms with Gasteiger partial charge in [-0.15, -0.1) is 0 Å². The largest absolute Gasteiger partial charge is 0.370 e. The monoisotopic (exact) mass is 389 g/mol. The van der Waals surface area contributed by atoms with Crippen molar-refractivity contribution in [2.75, 3.05) is 28.6 Å². The molecule has 2 amide bonds. The van der Waals surface area contributed by atoms with Gasteiger partial charge in [0.15, 0.2) is 11.0 Å². The average molecular weight is 390 g/mol. The average Bonchev–Trinajstić information content (AvgIpc) is 3.16. The van der Waals surface area contributed by atoms with Crippen molar-refractivity contribution in [2.24, 2.45) is 0 Å². The van der Waals surface area contributed by atoms with Crippen LogP contribution in [0.1, 0.15) is 19.3 Å². The third-order valence-electron chi connectivity index (χ3n) is 4.52. The van der Waals surface area contributed by atoms with E-state index in [2.05, 4.69) is 25.8 Å². The van der Waals surface area contributed by atoms with Crippen LogP contribution in [0, 0.1) is 5.82 Å². The molecular weight excluding hydrogens is 373 g/mol. The van der Waals surface area contributed by atoms with Crippen LogP contribution in [0.3, 0.4) is 0 Å². The van der Waals surface area contributed by atoms with E-state index in [1.54, 1.807) is 6.07 Å². The third-order valence-corrected chi connectivity index (χ3v) is 4.81. The smallest absolute Gasteiger partial charge is 0.323 e. The molecule has 0 radical (unpaired) electrons.